The van der Waals surface area contributed by atoms with Gasteiger partial charge in [0.05, 0.1) is 25.3 Å². The zero-order valence-electron chi connectivity index (χ0n) is 17.3. The first-order chi connectivity index (χ1) is 15.0. The van der Waals surface area contributed by atoms with Crippen molar-refractivity contribution in [2.45, 2.75) is 36.9 Å². The van der Waals surface area contributed by atoms with E-state index in [0.717, 1.165) is 24.2 Å². The third-order valence-corrected chi connectivity index (χ3v) is 6.05. The summed E-state index contributed by atoms with van der Waals surface area (Å²) in [5.41, 5.74) is 1.52. The summed E-state index contributed by atoms with van der Waals surface area (Å²) in [4.78, 5) is 25.2. The summed E-state index contributed by atoms with van der Waals surface area (Å²) >= 11 is 1.30. The van der Waals surface area contributed by atoms with Gasteiger partial charge in [-0.05, 0) is 37.5 Å². The second kappa shape index (κ2) is 8.88. The number of carbonyl (C=O) groups is 2. The molecule has 2 aliphatic rings. The van der Waals surface area contributed by atoms with Crippen LogP contribution in [-0.4, -0.2) is 46.3 Å². The Kier molecular flexibility index (Phi) is 6.03. The van der Waals surface area contributed by atoms with Crippen LogP contribution in [-0.2, 0) is 9.53 Å². The Morgan fingerprint density at radius 3 is 2.68 bits per heavy atom. The van der Waals surface area contributed by atoms with Crippen molar-refractivity contribution in [3.8, 4) is 5.75 Å². The highest BCUT2D eigenvalue weighted by atomic mass is 32.2. The van der Waals surface area contributed by atoms with E-state index in [9.17, 15) is 9.59 Å². The zero-order chi connectivity index (χ0) is 22.0. The summed E-state index contributed by atoms with van der Waals surface area (Å²) in [6.45, 7) is 1.95. The Labute approximate surface area is 183 Å². The number of ether oxygens (including phenoxy) is 2. The van der Waals surface area contributed by atoms with Gasteiger partial charge in [-0.1, -0.05) is 23.9 Å². The van der Waals surface area contributed by atoms with Crippen LogP contribution in [0.3, 0.4) is 0 Å². The van der Waals surface area contributed by atoms with Crippen LogP contribution in [0.5, 0.6) is 5.75 Å². The number of rotatable bonds is 8. The van der Waals surface area contributed by atoms with Gasteiger partial charge >= 0.3 is 12.0 Å². The van der Waals surface area contributed by atoms with Gasteiger partial charge in [-0.2, -0.15) is 0 Å². The second-order valence-electron chi connectivity index (χ2n) is 7.19. The van der Waals surface area contributed by atoms with E-state index in [4.69, 9.17) is 15.3 Å². The van der Waals surface area contributed by atoms with Crippen LogP contribution in [0.4, 0.5) is 4.79 Å². The van der Waals surface area contributed by atoms with Crippen molar-refractivity contribution in [2.24, 2.45) is 0 Å². The maximum Gasteiger partial charge on any atom is 0.338 e. The lowest BCUT2D eigenvalue weighted by Gasteiger charge is -2.29. The van der Waals surface area contributed by atoms with Gasteiger partial charge in [-0.15, -0.1) is 10.2 Å². The molecule has 1 aromatic carbocycles. The normalized spacial score (nSPS) is 18.4. The fraction of sp³-hybridized carbons (Fsp3) is 0.400. The average molecular weight is 445 g/mol. The lowest BCUT2D eigenvalue weighted by atomic mass is 9.95. The number of nitrogen functional groups attached to an aromatic ring is 1. The van der Waals surface area contributed by atoms with Crippen LogP contribution in [0.2, 0.25) is 0 Å². The topological polar surface area (TPSA) is 133 Å². The number of aromatic nitrogens is 3. The minimum atomic E-state index is -0.660. The SMILES string of the molecule is CCOC(=O)C1=C(CSc2nnc(C3CC3)n2N)NC(=O)NC1c1ccc(OC)cc1. The monoisotopic (exact) mass is 444 g/mol. The van der Waals surface area contributed by atoms with Crippen LogP contribution in [0, 0.1) is 0 Å². The molecule has 0 spiro atoms. The van der Waals surface area contributed by atoms with E-state index < -0.39 is 18.0 Å². The van der Waals surface area contributed by atoms with E-state index in [1.165, 1.54) is 16.4 Å². The first-order valence-electron chi connectivity index (χ1n) is 9.96. The van der Waals surface area contributed by atoms with E-state index >= 15 is 0 Å². The van der Waals surface area contributed by atoms with Crippen LogP contribution in [0.15, 0.2) is 40.7 Å². The number of esters is 1. The maximum absolute atomic E-state index is 12.8. The fourth-order valence-corrected chi connectivity index (χ4v) is 4.20. The van der Waals surface area contributed by atoms with Crippen LogP contribution in [0.1, 0.15) is 43.1 Å². The molecule has 1 fully saturated rings. The van der Waals surface area contributed by atoms with Gasteiger partial charge < -0.3 is 25.9 Å². The van der Waals surface area contributed by atoms with E-state index in [-0.39, 0.29) is 12.4 Å². The highest BCUT2D eigenvalue weighted by Crippen LogP contribution is 2.39. The average Bonchev–Trinajstić information content (AvgIpc) is 3.54. The van der Waals surface area contributed by atoms with Gasteiger partial charge in [-0.25, -0.2) is 14.3 Å². The zero-order valence-corrected chi connectivity index (χ0v) is 18.1. The number of carbonyl (C=O) groups excluding carboxylic acids is 2. The van der Waals surface area contributed by atoms with Crippen molar-refractivity contribution < 1.29 is 19.1 Å². The molecule has 1 aliphatic carbocycles. The molecule has 4 rings (SSSR count). The number of thioether (sulfide) groups is 1. The molecule has 2 aromatic rings. The molecule has 2 amide bonds. The molecule has 2 heterocycles. The summed E-state index contributed by atoms with van der Waals surface area (Å²) in [7, 11) is 1.57. The van der Waals surface area contributed by atoms with Crippen molar-refractivity contribution in [3.05, 3.63) is 46.9 Å². The van der Waals surface area contributed by atoms with Crippen molar-refractivity contribution in [3.63, 3.8) is 0 Å². The molecule has 31 heavy (non-hydrogen) atoms. The lowest BCUT2D eigenvalue weighted by molar-refractivity contribution is -0.139. The largest absolute Gasteiger partial charge is 0.497 e. The predicted octanol–water partition coefficient (Wildman–Crippen LogP) is 1.84. The molecule has 11 heteroatoms. The number of nitrogens with two attached hydrogens (primary N) is 1. The molecule has 1 unspecified atom stereocenters. The molecule has 4 N–H and O–H groups in total. The third-order valence-electron chi connectivity index (χ3n) is 5.08. The molecule has 0 bridgehead atoms. The Hall–Kier alpha value is -3.21. The molecule has 1 atom stereocenters. The first-order valence-corrected chi connectivity index (χ1v) is 10.9. The summed E-state index contributed by atoms with van der Waals surface area (Å²) < 4.78 is 12.0. The number of methoxy groups -OCH3 is 1. The summed E-state index contributed by atoms with van der Waals surface area (Å²) in [5.74, 6) is 7.69. The van der Waals surface area contributed by atoms with Gasteiger partial charge in [-0.3, -0.25) is 0 Å². The van der Waals surface area contributed by atoms with Gasteiger partial charge in [0.15, 0.2) is 5.82 Å². The summed E-state index contributed by atoms with van der Waals surface area (Å²) in [6, 6.07) is 6.09. The second-order valence-corrected chi connectivity index (χ2v) is 8.13. The molecule has 0 radical (unpaired) electrons. The number of urea groups is 1. The highest BCUT2D eigenvalue weighted by molar-refractivity contribution is 7.99. The van der Waals surface area contributed by atoms with Gasteiger partial charge in [0.2, 0.25) is 5.16 Å². The van der Waals surface area contributed by atoms with Crippen molar-refractivity contribution in [2.75, 3.05) is 25.3 Å². The smallest absolute Gasteiger partial charge is 0.338 e. The molecule has 1 saturated carbocycles. The van der Waals surface area contributed by atoms with Crippen LogP contribution >= 0.6 is 11.8 Å². The Bertz CT molecular complexity index is 1020. The third kappa shape index (κ3) is 4.46. The van der Waals surface area contributed by atoms with Crippen molar-refractivity contribution >= 4 is 23.8 Å². The van der Waals surface area contributed by atoms with E-state index in [1.54, 1.807) is 38.3 Å². The minimum absolute atomic E-state index is 0.216. The Morgan fingerprint density at radius 1 is 1.29 bits per heavy atom. The Morgan fingerprint density at radius 2 is 2.03 bits per heavy atom. The number of nitrogens with zero attached hydrogens (tertiary/aromatic N) is 3. The molecular weight excluding hydrogens is 420 g/mol. The molecule has 10 nitrogen and oxygen atoms in total. The molecule has 1 aliphatic heterocycles. The molecule has 0 saturated heterocycles. The van der Waals surface area contributed by atoms with Gasteiger partial charge in [0.1, 0.15) is 5.75 Å². The van der Waals surface area contributed by atoms with Crippen LogP contribution in [0.25, 0.3) is 0 Å². The lowest BCUT2D eigenvalue weighted by Crippen LogP contribution is -2.46. The first kappa shape index (κ1) is 21.0. The van der Waals surface area contributed by atoms with Gasteiger partial charge in [0.25, 0.3) is 0 Å². The Balaban J connectivity index is 1.64. The van der Waals surface area contributed by atoms with Crippen molar-refractivity contribution in [1.29, 1.82) is 0 Å². The predicted molar refractivity (Wildman–Crippen MR) is 114 cm³/mol. The van der Waals surface area contributed by atoms with E-state index in [2.05, 4.69) is 20.8 Å². The quantitative estimate of drug-likeness (QED) is 0.319. The number of hydrogen-bond acceptors (Lipinski definition) is 8. The highest BCUT2D eigenvalue weighted by Gasteiger charge is 2.34. The van der Waals surface area contributed by atoms with E-state index in [1.807, 2.05) is 0 Å². The molecule has 164 valence electrons. The van der Waals surface area contributed by atoms with Crippen LogP contribution < -0.4 is 21.2 Å². The van der Waals surface area contributed by atoms with Crippen molar-refractivity contribution in [1.82, 2.24) is 25.5 Å². The number of hydrogen-bond donors (Lipinski definition) is 3. The standard InChI is InChI=1S/C20H24N6O4S/c1-3-30-18(27)15-14(10-31-20-25-24-17(26(20)21)12-4-5-12)22-19(28)23-16(15)11-6-8-13(29-2)9-7-11/h6-9,12,16H,3-5,10,21H2,1-2H3,(H2,22,23,28). The number of benzene rings is 1. The summed E-state index contributed by atoms with van der Waals surface area (Å²) in [5, 5.41) is 14.4. The van der Waals surface area contributed by atoms with E-state index in [0.29, 0.717) is 28.1 Å². The molecular formula is C20H24N6O4S. The molecule has 1 aromatic heterocycles. The fourth-order valence-electron chi connectivity index (χ4n) is 3.37. The summed E-state index contributed by atoms with van der Waals surface area (Å²) in [6.07, 6.45) is 2.12. The maximum atomic E-state index is 12.8. The number of amides is 2. The minimum Gasteiger partial charge on any atom is -0.497 e. The number of nitrogens with one attached hydrogen (secondary N) is 2. The van der Waals surface area contributed by atoms with Gasteiger partial charge in [0, 0.05) is 17.4 Å².